The van der Waals surface area contributed by atoms with Crippen LogP contribution >= 0.6 is 0 Å². The number of anilines is 1. The predicted octanol–water partition coefficient (Wildman–Crippen LogP) is 2.11. The fourth-order valence-electron chi connectivity index (χ4n) is 3.01. The van der Waals surface area contributed by atoms with E-state index < -0.39 is 0 Å². The van der Waals surface area contributed by atoms with Crippen molar-refractivity contribution in [2.24, 2.45) is 0 Å². The molecule has 0 spiro atoms. The summed E-state index contributed by atoms with van der Waals surface area (Å²) in [6.07, 6.45) is 2.39. The monoisotopic (exact) mass is 289 g/mol. The van der Waals surface area contributed by atoms with Gasteiger partial charge in [0.25, 0.3) is 0 Å². The lowest BCUT2D eigenvalue weighted by Crippen LogP contribution is -2.50. The SMILES string of the molecule is CCN(C(=O)CN(CC)C1CCCNC1)c1ccccc1. The zero-order valence-electron chi connectivity index (χ0n) is 13.2. The van der Waals surface area contributed by atoms with E-state index in [1.165, 1.54) is 12.8 Å². The number of para-hydroxylation sites is 1. The molecule has 1 aliphatic heterocycles. The Kier molecular flexibility index (Phi) is 6.21. The second-order valence-electron chi connectivity index (χ2n) is 5.54. The molecular weight excluding hydrogens is 262 g/mol. The Labute approximate surface area is 128 Å². The van der Waals surface area contributed by atoms with Gasteiger partial charge in [-0.2, -0.15) is 0 Å². The Morgan fingerprint density at radius 3 is 2.57 bits per heavy atom. The fourth-order valence-corrected chi connectivity index (χ4v) is 3.01. The molecule has 0 saturated carbocycles. The van der Waals surface area contributed by atoms with E-state index in [4.69, 9.17) is 0 Å². The fraction of sp³-hybridized carbons (Fsp3) is 0.588. The molecule has 116 valence electrons. The number of piperidine rings is 1. The van der Waals surface area contributed by atoms with Gasteiger partial charge in [-0.15, -0.1) is 0 Å². The van der Waals surface area contributed by atoms with Crippen molar-refractivity contribution in [3.05, 3.63) is 30.3 Å². The summed E-state index contributed by atoms with van der Waals surface area (Å²) >= 11 is 0. The highest BCUT2D eigenvalue weighted by molar-refractivity contribution is 5.94. The highest BCUT2D eigenvalue weighted by Crippen LogP contribution is 2.15. The first-order chi connectivity index (χ1) is 10.3. The molecule has 1 N–H and O–H groups in total. The molecule has 1 aromatic rings. The normalized spacial score (nSPS) is 18.7. The van der Waals surface area contributed by atoms with E-state index in [1.807, 2.05) is 42.2 Å². The highest BCUT2D eigenvalue weighted by Gasteiger charge is 2.23. The number of carbonyl (C=O) groups is 1. The van der Waals surface area contributed by atoms with E-state index in [1.54, 1.807) is 0 Å². The van der Waals surface area contributed by atoms with E-state index in [2.05, 4.69) is 17.1 Å². The predicted molar refractivity (Wildman–Crippen MR) is 87.6 cm³/mol. The number of carbonyl (C=O) groups excluding carboxylic acids is 1. The molecule has 1 atom stereocenters. The average molecular weight is 289 g/mol. The van der Waals surface area contributed by atoms with Crippen LogP contribution in [0.2, 0.25) is 0 Å². The summed E-state index contributed by atoms with van der Waals surface area (Å²) in [5, 5.41) is 3.43. The summed E-state index contributed by atoms with van der Waals surface area (Å²) in [5.74, 6) is 0.191. The van der Waals surface area contributed by atoms with Gasteiger partial charge < -0.3 is 10.2 Å². The molecule has 4 heteroatoms. The van der Waals surface area contributed by atoms with Crippen LogP contribution in [0.5, 0.6) is 0 Å². The molecule has 1 heterocycles. The molecule has 1 saturated heterocycles. The Balaban J connectivity index is 2.00. The molecule has 0 radical (unpaired) electrons. The lowest BCUT2D eigenvalue weighted by molar-refractivity contribution is -0.120. The van der Waals surface area contributed by atoms with Gasteiger partial charge in [-0.1, -0.05) is 25.1 Å². The van der Waals surface area contributed by atoms with Crippen LogP contribution < -0.4 is 10.2 Å². The van der Waals surface area contributed by atoms with Crippen LogP contribution in [0, 0.1) is 0 Å². The van der Waals surface area contributed by atoms with E-state index in [9.17, 15) is 4.79 Å². The Bertz CT molecular complexity index is 429. The van der Waals surface area contributed by atoms with Crippen LogP contribution in [-0.4, -0.2) is 49.6 Å². The first-order valence-electron chi connectivity index (χ1n) is 8.06. The molecule has 4 nitrogen and oxygen atoms in total. The standard InChI is InChI=1S/C17H27N3O/c1-3-19(16-11-8-12-18-13-16)14-17(21)20(4-2)15-9-6-5-7-10-15/h5-7,9-10,16,18H,3-4,8,11-14H2,1-2H3. The van der Waals surface area contributed by atoms with Crippen molar-refractivity contribution in [1.29, 1.82) is 0 Å². The lowest BCUT2D eigenvalue weighted by Gasteiger charge is -2.34. The van der Waals surface area contributed by atoms with Gasteiger partial charge in [0.2, 0.25) is 5.91 Å². The van der Waals surface area contributed by atoms with E-state index in [0.717, 1.165) is 25.3 Å². The van der Waals surface area contributed by atoms with Gasteiger partial charge in [0.1, 0.15) is 0 Å². The second kappa shape index (κ2) is 8.15. The molecule has 1 aromatic carbocycles. The van der Waals surface area contributed by atoms with Crippen LogP contribution in [0.1, 0.15) is 26.7 Å². The summed E-state index contributed by atoms with van der Waals surface area (Å²) < 4.78 is 0. The summed E-state index contributed by atoms with van der Waals surface area (Å²) in [4.78, 5) is 16.8. The van der Waals surface area contributed by atoms with Crippen molar-refractivity contribution in [1.82, 2.24) is 10.2 Å². The number of nitrogens with zero attached hydrogens (tertiary/aromatic N) is 2. The maximum atomic E-state index is 12.7. The van der Waals surface area contributed by atoms with Gasteiger partial charge in [-0.25, -0.2) is 0 Å². The molecule has 1 fully saturated rings. The molecule has 2 rings (SSSR count). The van der Waals surface area contributed by atoms with Crippen molar-refractivity contribution in [3.8, 4) is 0 Å². The van der Waals surface area contributed by atoms with Crippen LogP contribution in [0.25, 0.3) is 0 Å². The summed E-state index contributed by atoms with van der Waals surface area (Å²) in [6, 6.07) is 10.4. The minimum atomic E-state index is 0.191. The van der Waals surface area contributed by atoms with Crippen LogP contribution in [-0.2, 0) is 4.79 Å². The molecule has 21 heavy (non-hydrogen) atoms. The Morgan fingerprint density at radius 2 is 2.00 bits per heavy atom. The van der Waals surface area contributed by atoms with Crippen molar-refractivity contribution >= 4 is 11.6 Å². The topological polar surface area (TPSA) is 35.6 Å². The number of nitrogens with one attached hydrogen (secondary N) is 1. The largest absolute Gasteiger partial charge is 0.315 e. The van der Waals surface area contributed by atoms with E-state index >= 15 is 0 Å². The zero-order chi connectivity index (χ0) is 15.1. The lowest BCUT2D eigenvalue weighted by atomic mass is 10.1. The highest BCUT2D eigenvalue weighted by atomic mass is 16.2. The van der Waals surface area contributed by atoms with Gasteiger partial charge in [0, 0.05) is 24.8 Å². The second-order valence-corrected chi connectivity index (χ2v) is 5.54. The number of hydrogen-bond acceptors (Lipinski definition) is 3. The number of rotatable bonds is 6. The number of benzene rings is 1. The molecule has 0 aliphatic carbocycles. The molecule has 1 unspecified atom stereocenters. The van der Waals surface area contributed by atoms with Crippen LogP contribution in [0.3, 0.4) is 0 Å². The third-order valence-electron chi connectivity index (χ3n) is 4.22. The summed E-state index contributed by atoms with van der Waals surface area (Å²) in [7, 11) is 0. The van der Waals surface area contributed by atoms with Crippen molar-refractivity contribution in [3.63, 3.8) is 0 Å². The van der Waals surface area contributed by atoms with Crippen molar-refractivity contribution in [2.45, 2.75) is 32.7 Å². The zero-order valence-corrected chi connectivity index (χ0v) is 13.2. The smallest absolute Gasteiger partial charge is 0.241 e. The van der Waals surface area contributed by atoms with Gasteiger partial charge >= 0.3 is 0 Å². The molecule has 1 aliphatic rings. The van der Waals surface area contributed by atoms with Crippen LogP contribution in [0.15, 0.2) is 30.3 Å². The van der Waals surface area contributed by atoms with Crippen LogP contribution in [0.4, 0.5) is 5.69 Å². The van der Waals surface area contributed by atoms with Crippen molar-refractivity contribution < 1.29 is 4.79 Å². The minimum absolute atomic E-state index is 0.191. The van der Waals surface area contributed by atoms with E-state index in [0.29, 0.717) is 19.1 Å². The maximum absolute atomic E-state index is 12.7. The number of amides is 1. The molecule has 1 amide bonds. The molecule has 0 bridgehead atoms. The minimum Gasteiger partial charge on any atom is -0.315 e. The summed E-state index contributed by atoms with van der Waals surface area (Å²) in [5.41, 5.74) is 0.989. The Hall–Kier alpha value is -1.39. The summed E-state index contributed by atoms with van der Waals surface area (Å²) in [6.45, 7) is 8.41. The van der Waals surface area contributed by atoms with Gasteiger partial charge in [0.05, 0.1) is 6.54 Å². The number of likely N-dealkylation sites (N-methyl/N-ethyl adjacent to an activating group) is 2. The maximum Gasteiger partial charge on any atom is 0.241 e. The average Bonchev–Trinajstić information content (AvgIpc) is 2.55. The molecule has 0 aromatic heterocycles. The quantitative estimate of drug-likeness (QED) is 0.871. The first-order valence-corrected chi connectivity index (χ1v) is 8.06. The van der Waals surface area contributed by atoms with Gasteiger partial charge in [-0.05, 0) is 45.0 Å². The number of hydrogen-bond donors (Lipinski definition) is 1. The van der Waals surface area contributed by atoms with E-state index in [-0.39, 0.29) is 5.91 Å². The third kappa shape index (κ3) is 4.29. The molecular formula is C17H27N3O. The Morgan fingerprint density at radius 1 is 1.24 bits per heavy atom. The third-order valence-corrected chi connectivity index (χ3v) is 4.22. The van der Waals surface area contributed by atoms with Crippen molar-refractivity contribution in [2.75, 3.05) is 37.6 Å². The first kappa shape index (κ1) is 16.0. The van der Waals surface area contributed by atoms with Gasteiger partial charge in [-0.3, -0.25) is 9.69 Å². The van der Waals surface area contributed by atoms with Gasteiger partial charge in [0.15, 0.2) is 0 Å².